The highest BCUT2D eigenvalue weighted by atomic mass is 16.3. The van der Waals surface area contributed by atoms with Crippen LogP contribution < -0.4 is 10.6 Å². The van der Waals surface area contributed by atoms with Gasteiger partial charge in [-0.3, -0.25) is 15.0 Å². The summed E-state index contributed by atoms with van der Waals surface area (Å²) in [6.45, 7) is 2.83. The molecule has 2 fully saturated rings. The van der Waals surface area contributed by atoms with E-state index in [2.05, 4.69) is 35.7 Å². The molecule has 2 aliphatic rings. The van der Waals surface area contributed by atoms with Crippen LogP contribution in [0, 0.1) is 0 Å². The lowest BCUT2D eigenvalue weighted by atomic mass is 10.2. The summed E-state index contributed by atoms with van der Waals surface area (Å²) < 4.78 is 5.31. The number of hydrogen-bond acceptors (Lipinski definition) is 5. The summed E-state index contributed by atoms with van der Waals surface area (Å²) in [4.78, 5) is 11.4. The van der Waals surface area contributed by atoms with Gasteiger partial charge in [0.05, 0.1) is 12.8 Å². The first kappa shape index (κ1) is 17.1. The van der Waals surface area contributed by atoms with Gasteiger partial charge in [-0.2, -0.15) is 0 Å². The quantitative estimate of drug-likeness (QED) is 0.557. The Labute approximate surface area is 153 Å². The van der Waals surface area contributed by atoms with E-state index < -0.39 is 0 Å². The van der Waals surface area contributed by atoms with E-state index in [1.165, 1.54) is 38.6 Å². The molecule has 1 saturated heterocycles. The minimum absolute atomic E-state index is 0.454. The first-order valence-electron chi connectivity index (χ1n) is 9.48. The summed E-state index contributed by atoms with van der Waals surface area (Å²) in [5, 5.41) is 14.0. The summed E-state index contributed by atoms with van der Waals surface area (Å²) in [5.41, 5.74) is 0. The zero-order chi connectivity index (χ0) is 17.8. The molecule has 3 N–H and O–H groups in total. The Morgan fingerprint density at radius 3 is 3.04 bits per heavy atom. The summed E-state index contributed by atoms with van der Waals surface area (Å²) in [7, 11) is 1.80. The number of aromatic amines is 1. The van der Waals surface area contributed by atoms with Crippen molar-refractivity contribution in [3.8, 4) is 11.6 Å². The topological polar surface area (TPSA) is 94.4 Å². The van der Waals surface area contributed by atoms with Crippen LogP contribution in [0.15, 0.2) is 27.8 Å². The fraction of sp³-hybridized carbons (Fsp3) is 0.611. The summed E-state index contributed by atoms with van der Waals surface area (Å²) in [5.74, 6) is 2.78. The van der Waals surface area contributed by atoms with E-state index in [-0.39, 0.29) is 0 Å². The van der Waals surface area contributed by atoms with E-state index in [9.17, 15) is 0 Å². The van der Waals surface area contributed by atoms with Crippen molar-refractivity contribution in [1.29, 1.82) is 0 Å². The molecule has 2 aromatic heterocycles. The molecule has 0 bridgehead atoms. The molecule has 0 amide bonds. The van der Waals surface area contributed by atoms with Crippen LogP contribution in [-0.2, 0) is 6.54 Å². The number of hydrogen-bond donors (Lipinski definition) is 3. The molecule has 26 heavy (non-hydrogen) atoms. The zero-order valence-corrected chi connectivity index (χ0v) is 15.2. The van der Waals surface area contributed by atoms with Crippen LogP contribution in [-0.4, -0.2) is 58.3 Å². The van der Waals surface area contributed by atoms with Crippen molar-refractivity contribution in [3.05, 3.63) is 24.2 Å². The van der Waals surface area contributed by atoms with Crippen molar-refractivity contribution in [2.75, 3.05) is 20.1 Å². The number of furan rings is 1. The summed E-state index contributed by atoms with van der Waals surface area (Å²) >= 11 is 0. The lowest BCUT2D eigenvalue weighted by Crippen LogP contribution is -2.45. The number of aromatic nitrogens is 3. The maximum Gasteiger partial charge on any atom is 0.216 e. The molecule has 8 heteroatoms. The van der Waals surface area contributed by atoms with E-state index in [1.807, 2.05) is 12.1 Å². The van der Waals surface area contributed by atoms with Crippen LogP contribution in [0.3, 0.4) is 0 Å². The monoisotopic (exact) mass is 357 g/mol. The van der Waals surface area contributed by atoms with Crippen LogP contribution in [0.1, 0.15) is 37.9 Å². The molecule has 0 radical (unpaired) electrons. The molecule has 0 spiro atoms. The molecule has 4 rings (SSSR count). The number of rotatable bonds is 5. The number of guanidine groups is 1. The third-order valence-corrected chi connectivity index (χ3v) is 5.32. The van der Waals surface area contributed by atoms with Gasteiger partial charge in [0.25, 0.3) is 0 Å². The molecule has 0 aromatic carbocycles. The standard InChI is InChI=1S/C18H27N7O/c1-19-18(21-13-8-9-25(12-13)14-5-2-3-6-14)20-11-16-22-17(24-23-16)15-7-4-10-26-15/h4,7,10,13-14H,2-3,5-6,8-9,11-12H2,1H3,(H2,19,20,21)(H,22,23,24). The number of nitrogens with one attached hydrogen (secondary N) is 3. The first-order chi connectivity index (χ1) is 12.8. The zero-order valence-electron chi connectivity index (χ0n) is 15.2. The highest BCUT2D eigenvalue weighted by Crippen LogP contribution is 2.26. The van der Waals surface area contributed by atoms with Crippen LogP contribution in [0.4, 0.5) is 0 Å². The Kier molecular flexibility index (Phi) is 5.19. The average molecular weight is 357 g/mol. The normalized spacial score (nSPS) is 22.2. The molecule has 3 heterocycles. The second-order valence-corrected chi connectivity index (χ2v) is 7.07. The van der Waals surface area contributed by atoms with Gasteiger partial charge < -0.3 is 15.1 Å². The lowest BCUT2D eigenvalue weighted by Gasteiger charge is -2.24. The van der Waals surface area contributed by atoms with Crippen molar-refractivity contribution in [2.45, 2.75) is 50.7 Å². The van der Waals surface area contributed by atoms with E-state index in [1.54, 1.807) is 13.3 Å². The number of H-pyrrole nitrogens is 1. The number of aliphatic imine (C=N–C) groups is 1. The molecule has 1 saturated carbocycles. The van der Waals surface area contributed by atoms with Gasteiger partial charge in [0.2, 0.25) is 5.82 Å². The van der Waals surface area contributed by atoms with E-state index in [0.29, 0.717) is 24.2 Å². The van der Waals surface area contributed by atoms with Crippen molar-refractivity contribution >= 4 is 5.96 Å². The van der Waals surface area contributed by atoms with Gasteiger partial charge >= 0.3 is 0 Å². The number of likely N-dealkylation sites (tertiary alicyclic amines) is 1. The molecular weight excluding hydrogens is 330 g/mol. The van der Waals surface area contributed by atoms with Gasteiger partial charge in [-0.1, -0.05) is 12.8 Å². The molecule has 1 atom stereocenters. The van der Waals surface area contributed by atoms with Gasteiger partial charge in [0.1, 0.15) is 5.82 Å². The molecule has 2 aromatic rings. The Balaban J connectivity index is 1.26. The third kappa shape index (κ3) is 3.90. The fourth-order valence-electron chi connectivity index (χ4n) is 3.95. The maximum atomic E-state index is 5.31. The van der Waals surface area contributed by atoms with Crippen LogP contribution in [0.2, 0.25) is 0 Å². The predicted molar refractivity (Wildman–Crippen MR) is 99.7 cm³/mol. The highest BCUT2D eigenvalue weighted by Gasteiger charge is 2.30. The van der Waals surface area contributed by atoms with Gasteiger partial charge in [-0.15, -0.1) is 5.10 Å². The number of nitrogens with zero attached hydrogens (tertiary/aromatic N) is 4. The molecule has 8 nitrogen and oxygen atoms in total. The van der Waals surface area contributed by atoms with E-state index >= 15 is 0 Å². The molecule has 1 aliphatic heterocycles. The molecule has 1 aliphatic carbocycles. The van der Waals surface area contributed by atoms with Crippen LogP contribution in [0.5, 0.6) is 0 Å². The van der Waals surface area contributed by atoms with Gasteiger partial charge in [-0.25, -0.2) is 4.98 Å². The largest absolute Gasteiger partial charge is 0.461 e. The maximum absolute atomic E-state index is 5.31. The van der Waals surface area contributed by atoms with E-state index in [4.69, 9.17) is 4.42 Å². The average Bonchev–Trinajstić information content (AvgIpc) is 3.45. The van der Waals surface area contributed by atoms with Crippen molar-refractivity contribution in [1.82, 2.24) is 30.7 Å². The third-order valence-electron chi connectivity index (χ3n) is 5.32. The second-order valence-electron chi connectivity index (χ2n) is 7.07. The Morgan fingerprint density at radius 1 is 1.38 bits per heavy atom. The molecular formula is C18H27N7O. The minimum Gasteiger partial charge on any atom is -0.461 e. The second kappa shape index (κ2) is 7.90. The summed E-state index contributed by atoms with van der Waals surface area (Å²) in [6.07, 6.45) is 8.29. The minimum atomic E-state index is 0.454. The fourth-order valence-corrected chi connectivity index (χ4v) is 3.95. The smallest absolute Gasteiger partial charge is 0.216 e. The van der Waals surface area contributed by atoms with Crippen LogP contribution >= 0.6 is 0 Å². The highest BCUT2D eigenvalue weighted by molar-refractivity contribution is 5.79. The van der Waals surface area contributed by atoms with E-state index in [0.717, 1.165) is 24.4 Å². The van der Waals surface area contributed by atoms with Crippen molar-refractivity contribution in [2.24, 2.45) is 4.99 Å². The van der Waals surface area contributed by atoms with Gasteiger partial charge in [0.15, 0.2) is 11.7 Å². The Hall–Kier alpha value is -2.35. The molecule has 1 unspecified atom stereocenters. The van der Waals surface area contributed by atoms with Gasteiger partial charge in [-0.05, 0) is 31.4 Å². The van der Waals surface area contributed by atoms with Gasteiger partial charge in [0, 0.05) is 32.2 Å². The predicted octanol–water partition coefficient (Wildman–Crippen LogP) is 1.75. The molecule has 140 valence electrons. The Bertz CT molecular complexity index is 718. The summed E-state index contributed by atoms with van der Waals surface area (Å²) in [6, 6.07) is 4.92. The first-order valence-corrected chi connectivity index (χ1v) is 9.48. The van der Waals surface area contributed by atoms with Crippen molar-refractivity contribution < 1.29 is 4.42 Å². The SMILES string of the molecule is CN=C(NCc1nc(-c2ccco2)n[nH]1)NC1CCN(C2CCCC2)C1. The van der Waals surface area contributed by atoms with Crippen molar-refractivity contribution in [3.63, 3.8) is 0 Å². The lowest BCUT2D eigenvalue weighted by molar-refractivity contribution is 0.242. The Morgan fingerprint density at radius 2 is 2.27 bits per heavy atom. The van der Waals surface area contributed by atoms with Crippen LogP contribution in [0.25, 0.3) is 11.6 Å².